The SMILES string of the molecule is CCCN(CCN)C(=O)c1ccc(OC)cc1. The van der Waals surface area contributed by atoms with Gasteiger partial charge in [0.05, 0.1) is 7.11 Å². The van der Waals surface area contributed by atoms with Crippen molar-refractivity contribution in [2.75, 3.05) is 26.7 Å². The third-order valence-corrected chi connectivity index (χ3v) is 2.52. The molecule has 1 amide bonds. The van der Waals surface area contributed by atoms with E-state index in [2.05, 4.69) is 0 Å². The minimum Gasteiger partial charge on any atom is -0.497 e. The van der Waals surface area contributed by atoms with Gasteiger partial charge in [0.15, 0.2) is 0 Å². The molecule has 0 saturated carbocycles. The summed E-state index contributed by atoms with van der Waals surface area (Å²) in [5.74, 6) is 0.780. The second-order valence-electron chi connectivity index (χ2n) is 3.81. The molecule has 0 aliphatic carbocycles. The van der Waals surface area contributed by atoms with Gasteiger partial charge in [0.2, 0.25) is 0 Å². The predicted octanol–water partition coefficient (Wildman–Crippen LogP) is 1.51. The van der Waals surface area contributed by atoms with Crippen LogP contribution in [0, 0.1) is 0 Å². The number of carbonyl (C=O) groups excluding carboxylic acids is 1. The van der Waals surface area contributed by atoms with Crippen molar-refractivity contribution in [3.05, 3.63) is 29.8 Å². The quantitative estimate of drug-likeness (QED) is 0.814. The van der Waals surface area contributed by atoms with Gasteiger partial charge < -0.3 is 15.4 Å². The molecule has 4 heteroatoms. The van der Waals surface area contributed by atoms with Gasteiger partial charge >= 0.3 is 0 Å². The molecular weight excluding hydrogens is 216 g/mol. The van der Waals surface area contributed by atoms with E-state index >= 15 is 0 Å². The largest absolute Gasteiger partial charge is 0.497 e. The van der Waals surface area contributed by atoms with Crippen molar-refractivity contribution in [1.82, 2.24) is 4.90 Å². The van der Waals surface area contributed by atoms with E-state index in [0.29, 0.717) is 18.7 Å². The Kier molecular flexibility index (Phi) is 5.49. The summed E-state index contributed by atoms with van der Waals surface area (Å²) >= 11 is 0. The molecule has 0 aliphatic heterocycles. The van der Waals surface area contributed by atoms with E-state index in [1.54, 1.807) is 36.3 Å². The van der Waals surface area contributed by atoms with Gasteiger partial charge in [-0.25, -0.2) is 0 Å². The zero-order valence-corrected chi connectivity index (χ0v) is 10.5. The Labute approximate surface area is 102 Å². The molecule has 0 unspecified atom stereocenters. The van der Waals surface area contributed by atoms with Crippen molar-refractivity contribution in [2.45, 2.75) is 13.3 Å². The molecule has 1 aromatic carbocycles. The maximum atomic E-state index is 12.2. The number of nitrogens with two attached hydrogens (primary N) is 1. The lowest BCUT2D eigenvalue weighted by Crippen LogP contribution is -2.35. The molecule has 0 atom stereocenters. The van der Waals surface area contributed by atoms with E-state index in [-0.39, 0.29) is 5.91 Å². The highest BCUT2D eigenvalue weighted by atomic mass is 16.5. The van der Waals surface area contributed by atoms with E-state index in [4.69, 9.17) is 10.5 Å². The number of ether oxygens (including phenoxy) is 1. The summed E-state index contributed by atoms with van der Waals surface area (Å²) in [4.78, 5) is 13.9. The molecular formula is C13H20N2O2. The number of benzene rings is 1. The summed E-state index contributed by atoms with van der Waals surface area (Å²) in [6.07, 6.45) is 0.932. The summed E-state index contributed by atoms with van der Waals surface area (Å²) in [7, 11) is 1.61. The van der Waals surface area contributed by atoms with Crippen molar-refractivity contribution in [3.63, 3.8) is 0 Å². The Bertz CT molecular complexity index is 343. The first-order valence-corrected chi connectivity index (χ1v) is 5.86. The van der Waals surface area contributed by atoms with Crippen LogP contribution in [0.2, 0.25) is 0 Å². The fourth-order valence-electron chi connectivity index (χ4n) is 1.66. The van der Waals surface area contributed by atoms with Gasteiger partial charge in [-0.15, -0.1) is 0 Å². The molecule has 17 heavy (non-hydrogen) atoms. The number of amides is 1. The third-order valence-electron chi connectivity index (χ3n) is 2.52. The molecule has 2 N–H and O–H groups in total. The number of nitrogens with zero attached hydrogens (tertiary/aromatic N) is 1. The Balaban J connectivity index is 2.77. The molecule has 4 nitrogen and oxygen atoms in total. The van der Waals surface area contributed by atoms with Crippen molar-refractivity contribution in [2.24, 2.45) is 5.73 Å². The number of carbonyl (C=O) groups is 1. The highest BCUT2D eigenvalue weighted by Gasteiger charge is 2.13. The lowest BCUT2D eigenvalue weighted by Gasteiger charge is -2.21. The lowest BCUT2D eigenvalue weighted by molar-refractivity contribution is 0.0760. The Morgan fingerprint density at radius 3 is 2.41 bits per heavy atom. The molecule has 0 radical (unpaired) electrons. The number of methoxy groups -OCH3 is 1. The number of rotatable bonds is 6. The van der Waals surface area contributed by atoms with Crippen molar-refractivity contribution < 1.29 is 9.53 Å². The maximum Gasteiger partial charge on any atom is 0.253 e. The van der Waals surface area contributed by atoms with Crippen LogP contribution in [0.4, 0.5) is 0 Å². The first-order valence-electron chi connectivity index (χ1n) is 5.86. The van der Waals surface area contributed by atoms with Gasteiger partial charge in [0.25, 0.3) is 5.91 Å². The van der Waals surface area contributed by atoms with Gasteiger partial charge in [-0.2, -0.15) is 0 Å². The Hall–Kier alpha value is -1.55. The van der Waals surface area contributed by atoms with Crippen LogP contribution in [0.1, 0.15) is 23.7 Å². The van der Waals surface area contributed by atoms with Crippen molar-refractivity contribution in [1.29, 1.82) is 0 Å². The fraction of sp³-hybridized carbons (Fsp3) is 0.462. The summed E-state index contributed by atoms with van der Waals surface area (Å²) < 4.78 is 5.06. The van der Waals surface area contributed by atoms with Crippen LogP contribution in [0.25, 0.3) is 0 Å². The minimum atomic E-state index is 0.0277. The van der Waals surface area contributed by atoms with E-state index in [1.807, 2.05) is 6.92 Å². The molecule has 0 aromatic heterocycles. The average molecular weight is 236 g/mol. The van der Waals surface area contributed by atoms with Crippen molar-refractivity contribution >= 4 is 5.91 Å². The van der Waals surface area contributed by atoms with Crippen LogP contribution >= 0.6 is 0 Å². The van der Waals surface area contributed by atoms with Crippen LogP contribution in [-0.2, 0) is 0 Å². The standard InChI is InChI=1S/C13H20N2O2/c1-3-9-15(10-8-14)13(16)11-4-6-12(17-2)7-5-11/h4-7H,3,8-10,14H2,1-2H3. The molecule has 0 spiro atoms. The first kappa shape index (κ1) is 13.5. The number of hydrogen-bond donors (Lipinski definition) is 1. The molecule has 1 aromatic rings. The van der Waals surface area contributed by atoms with Crippen LogP contribution < -0.4 is 10.5 Å². The lowest BCUT2D eigenvalue weighted by atomic mass is 10.2. The smallest absolute Gasteiger partial charge is 0.253 e. The summed E-state index contributed by atoms with van der Waals surface area (Å²) in [6, 6.07) is 7.14. The summed E-state index contributed by atoms with van der Waals surface area (Å²) in [5.41, 5.74) is 6.18. The number of hydrogen-bond acceptors (Lipinski definition) is 3. The highest BCUT2D eigenvalue weighted by Crippen LogP contribution is 2.13. The van der Waals surface area contributed by atoms with Gasteiger partial charge in [0.1, 0.15) is 5.75 Å². The summed E-state index contributed by atoms with van der Waals surface area (Å²) in [5, 5.41) is 0. The zero-order chi connectivity index (χ0) is 12.7. The first-order chi connectivity index (χ1) is 8.22. The Morgan fingerprint density at radius 2 is 1.94 bits per heavy atom. The highest BCUT2D eigenvalue weighted by molar-refractivity contribution is 5.94. The third kappa shape index (κ3) is 3.75. The van der Waals surface area contributed by atoms with Gasteiger partial charge in [-0.05, 0) is 30.7 Å². The second-order valence-corrected chi connectivity index (χ2v) is 3.81. The predicted molar refractivity (Wildman–Crippen MR) is 68.2 cm³/mol. The van der Waals surface area contributed by atoms with Gasteiger partial charge in [-0.3, -0.25) is 4.79 Å². The van der Waals surface area contributed by atoms with Crippen LogP contribution in [0.3, 0.4) is 0 Å². The second kappa shape index (κ2) is 6.91. The zero-order valence-electron chi connectivity index (χ0n) is 10.5. The molecule has 0 fully saturated rings. The van der Waals surface area contributed by atoms with Crippen LogP contribution in [-0.4, -0.2) is 37.6 Å². The molecule has 0 aliphatic rings. The van der Waals surface area contributed by atoms with E-state index in [9.17, 15) is 4.79 Å². The van der Waals surface area contributed by atoms with Crippen LogP contribution in [0.15, 0.2) is 24.3 Å². The maximum absolute atomic E-state index is 12.2. The molecule has 0 heterocycles. The normalized spacial score (nSPS) is 10.1. The van der Waals surface area contributed by atoms with Gasteiger partial charge in [0, 0.05) is 25.2 Å². The minimum absolute atomic E-state index is 0.0277. The van der Waals surface area contributed by atoms with E-state index < -0.39 is 0 Å². The van der Waals surface area contributed by atoms with Gasteiger partial charge in [-0.1, -0.05) is 6.92 Å². The molecule has 0 bridgehead atoms. The molecule has 0 saturated heterocycles. The van der Waals surface area contributed by atoms with E-state index in [1.165, 1.54) is 0 Å². The summed E-state index contributed by atoms with van der Waals surface area (Å²) in [6.45, 7) is 3.87. The fourth-order valence-corrected chi connectivity index (χ4v) is 1.66. The van der Waals surface area contributed by atoms with E-state index in [0.717, 1.165) is 18.7 Å². The van der Waals surface area contributed by atoms with Crippen molar-refractivity contribution in [3.8, 4) is 5.75 Å². The topological polar surface area (TPSA) is 55.6 Å². The molecule has 1 rings (SSSR count). The van der Waals surface area contributed by atoms with Crippen LogP contribution in [0.5, 0.6) is 5.75 Å². The monoisotopic (exact) mass is 236 g/mol. The average Bonchev–Trinajstić information content (AvgIpc) is 2.38. The molecule has 94 valence electrons. The Morgan fingerprint density at radius 1 is 1.29 bits per heavy atom.